The largest absolute Gasteiger partial charge is 0.349 e. The summed E-state index contributed by atoms with van der Waals surface area (Å²) in [6.07, 6.45) is 4.45. The van der Waals surface area contributed by atoms with Crippen molar-refractivity contribution in [2.75, 3.05) is 6.54 Å². The van der Waals surface area contributed by atoms with Gasteiger partial charge in [0.25, 0.3) is 5.91 Å². The van der Waals surface area contributed by atoms with Gasteiger partial charge < -0.3 is 11.1 Å². The van der Waals surface area contributed by atoms with Crippen LogP contribution in [0.5, 0.6) is 0 Å². The monoisotopic (exact) mass is 274 g/mol. The van der Waals surface area contributed by atoms with E-state index in [0.29, 0.717) is 24.4 Å². The number of amides is 1. The minimum Gasteiger partial charge on any atom is -0.349 e. The van der Waals surface area contributed by atoms with Crippen LogP contribution in [-0.2, 0) is 6.42 Å². The quantitative estimate of drug-likeness (QED) is 0.887. The molecule has 0 heterocycles. The predicted octanol–water partition coefficient (Wildman–Crippen LogP) is 2.74. The van der Waals surface area contributed by atoms with Crippen molar-refractivity contribution in [2.45, 2.75) is 45.6 Å². The maximum Gasteiger partial charge on any atom is 0.251 e. The Morgan fingerprint density at radius 2 is 1.95 bits per heavy atom. The third kappa shape index (κ3) is 3.60. The normalized spacial score (nSPS) is 26.2. The Kier molecular flexibility index (Phi) is 5.18. The molecule has 1 aromatic carbocycles. The van der Waals surface area contributed by atoms with Crippen molar-refractivity contribution in [3.63, 3.8) is 0 Å². The third-order valence-electron chi connectivity index (χ3n) is 4.67. The molecule has 1 aromatic rings. The second-order valence-corrected chi connectivity index (χ2v) is 6.08. The molecule has 3 nitrogen and oxygen atoms in total. The van der Waals surface area contributed by atoms with Crippen molar-refractivity contribution in [3.8, 4) is 0 Å². The number of nitrogens with two attached hydrogens (primary N) is 1. The predicted molar refractivity (Wildman–Crippen MR) is 82.6 cm³/mol. The first kappa shape index (κ1) is 15.0. The summed E-state index contributed by atoms with van der Waals surface area (Å²) in [6, 6.07) is 8.10. The van der Waals surface area contributed by atoms with E-state index in [2.05, 4.69) is 19.2 Å². The van der Waals surface area contributed by atoms with Gasteiger partial charge in [-0.15, -0.1) is 0 Å². The van der Waals surface area contributed by atoms with Crippen molar-refractivity contribution < 1.29 is 4.79 Å². The van der Waals surface area contributed by atoms with Crippen LogP contribution in [0.2, 0.25) is 0 Å². The van der Waals surface area contributed by atoms with Gasteiger partial charge in [0.2, 0.25) is 0 Å². The molecule has 1 saturated carbocycles. The van der Waals surface area contributed by atoms with Crippen LogP contribution in [-0.4, -0.2) is 18.5 Å². The highest BCUT2D eigenvalue weighted by atomic mass is 16.1. The Morgan fingerprint density at radius 1 is 1.25 bits per heavy atom. The lowest BCUT2D eigenvalue weighted by atomic mass is 9.78. The summed E-state index contributed by atoms with van der Waals surface area (Å²) in [5.41, 5.74) is 7.46. The second kappa shape index (κ2) is 6.89. The SMILES string of the molecule is CC1CCCC(NC(=O)c2ccc(CCN)cc2)C1C. The van der Waals surface area contributed by atoms with Crippen molar-refractivity contribution in [1.82, 2.24) is 5.32 Å². The van der Waals surface area contributed by atoms with Gasteiger partial charge in [0.05, 0.1) is 0 Å². The zero-order chi connectivity index (χ0) is 14.5. The average molecular weight is 274 g/mol. The zero-order valence-electron chi connectivity index (χ0n) is 12.6. The van der Waals surface area contributed by atoms with Gasteiger partial charge in [-0.2, -0.15) is 0 Å². The number of rotatable bonds is 4. The highest BCUT2D eigenvalue weighted by Gasteiger charge is 2.28. The Morgan fingerprint density at radius 3 is 2.60 bits per heavy atom. The van der Waals surface area contributed by atoms with Gasteiger partial charge in [0.1, 0.15) is 0 Å². The number of hydrogen-bond acceptors (Lipinski definition) is 2. The summed E-state index contributed by atoms with van der Waals surface area (Å²) < 4.78 is 0. The van der Waals surface area contributed by atoms with Gasteiger partial charge in [-0.3, -0.25) is 4.79 Å². The van der Waals surface area contributed by atoms with E-state index < -0.39 is 0 Å². The molecule has 3 unspecified atom stereocenters. The maximum atomic E-state index is 12.3. The van der Waals surface area contributed by atoms with Crippen molar-refractivity contribution >= 4 is 5.91 Å². The molecule has 3 atom stereocenters. The lowest BCUT2D eigenvalue weighted by Crippen LogP contribution is -2.43. The van der Waals surface area contributed by atoms with Gasteiger partial charge in [0, 0.05) is 11.6 Å². The van der Waals surface area contributed by atoms with Crippen LogP contribution in [0.15, 0.2) is 24.3 Å². The molecule has 1 aliphatic carbocycles. The van der Waals surface area contributed by atoms with Crippen molar-refractivity contribution in [3.05, 3.63) is 35.4 Å². The molecule has 3 heteroatoms. The Bertz CT molecular complexity index is 441. The minimum atomic E-state index is 0.0512. The van der Waals surface area contributed by atoms with E-state index in [1.807, 2.05) is 24.3 Å². The molecule has 3 N–H and O–H groups in total. The molecular weight excluding hydrogens is 248 g/mol. The minimum absolute atomic E-state index is 0.0512. The van der Waals surface area contributed by atoms with Crippen LogP contribution in [0, 0.1) is 11.8 Å². The summed E-state index contributed by atoms with van der Waals surface area (Å²) in [7, 11) is 0. The summed E-state index contributed by atoms with van der Waals surface area (Å²) in [5, 5.41) is 3.20. The summed E-state index contributed by atoms with van der Waals surface area (Å²) in [5.74, 6) is 1.31. The summed E-state index contributed by atoms with van der Waals surface area (Å²) >= 11 is 0. The maximum absolute atomic E-state index is 12.3. The van der Waals surface area contributed by atoms with Gasteiger partial charge in [-0.25, -0.2) is 0 Å². The molecule has 0 spiro atoms. The molecule has 2 rings (SSSR count). The van der Waals surface area contributed by atoms with Crippen LogP contribution in [0.4, 0.5) is 0 Å². The molecule has 0 radical (unpaired) electrons. The molecule has 20 heavy (non-hydrogen) atoms. The van der Waals surface area contributed by atoms with E-state index in [4.69, 9.17) is 5.73 Å². The van der Waals surface area contributed by atoms with E-state index in [1.165, 1.54) is 18.4 Å². The standard InChI is InChI=1S/C17H26N2O/c1-12-4-3-5-16(13(12)2)19-17(20)15-8-6-14(7-9-15)10-11-18/h6-9,12-13,16H,3-5,10-11,18H2,1-2H3,(H,19,20). The van der Waals surface area contributed by atoms with Crippen molar-refractivity contribution in [2.24, 2.45) is 17.6 Å². The number of carbonyl (C=O) groups is 1. The lowest BCUT2D eigenvalue weighted by Gasteiger charge is -2.34. The summed E-state index contributed by atoms with van der Waals surface area (Å²) in [4.78, 5) is 12.3. The van der Waals surface area contributed by atoms with E-state index in [9.17, 15) is 4.79 Å². The van der Waals surface area contributed by atoms with Gasteiger partial charge in [-0.1, -0.05) is 38.8 Å². The van der Waals surface area contributed by atoms with Crippen LogP contribution >= 0.6 is 0 Å². The highest BCUT2D eigenvalue weighted by Crippen LogP contribution is 2.29. The Hall–Kier alpha value is -1.35. The molecule has 0 aromatic heterocycles. The molecule has 0 aliphatic heterocycles. The van der Waals surface area contributed by atoms with Crippen LogP contribution in [0.3, 0.4) is 0 Å². The fraction of sp³-hybridized carbons (Fsp3) is 0.588. The first-order chi connectivity index (χ1) is 9.61. The number of benzene rings is 1. The van der Waals surface area contributed by atoms with Crippen LogP contribution < -0.4 is 11.1 Å². The van der Waals surface area contributed by atoms with Crippen molar-refractivity contribution in [1.29, 1.82) is 0 Å². The first-order valence-corrected chi connectivity index (χ1v) is 7.71. The number of hydrogen-bond donors (Lipinski definition) is 2. The second-order valence-electron chi connectivity index (χ2n) is 6.08. The van der Waals surface area contributed by atoms with Gasteiger partial charge in [0.15, 0.2) is 0 Å². The summed E-state index contributed by atoms with van der Waals surface area (Å²) in [6.45, 7) is 5.17. The Balaban J connectivity index is 1.97. The van der Waals surface area contributed by atoms with E-state index in [-0.39, 0.29) is 5.91 Å². The Labute approximate surface area is 121 Å². The molecule has 1 fully saturated rings. The van der Waals surface area contributed by atoms with Gasteiger partial charge in [-0.05, 0) is 48.9 Å². The first-order valence-electron chi connectivity index (χ1n) is 7.71. The topological polar surface area (TPSA) is 55.1 Å². The fourth-order valence-electron chi connectivity index (χ4n) is 3.03. The molecule has 0 saturated heterocycles. The highest BCUT2D eigenvalue weighted by molar-refractivity contribution is 5.94. The zero-order valence-corrected chi connectivity index (χ0v) is 12.6. The van der Waals surface area contributed by atoms with Crippen LogP contribution in [0.1, 0.15) is 49.0 Å². The lowest BCUT2D eigenvalue weighted by molar-refractivity contribution is 0.0891. The van der Waals surface area contributed by atoms with E-state index >= 15 is 0 Å². The molecule has 0 bridgehead atoms. The number of nitrogens with one attached hydrogen (secondary N) is 1. The molecule has 1 aliphatic rings. The molecule has 1 amide bonds. The molecule has 110 valence electrons. The van der Waals surface area contributed by atoms with Gasteiger partial charge >= 0.3 is 0 Å². The third-order valence-corrected chi connectivity index (χ3v) is 4.67. The smallest absolute Gasteiger partial charge is 0.251 e. The van der Waals surface area contributed by atoms with Crippen LogP contribution in [0.25, 0.3) is 0 Å². The van der Waals surface area contributed by atoms with E-state index in [0.717, 1.165) is 18.4 Å². The van der Waals surface area contributed by atoms with E-state index in [1.54, 1.807) is 0 Å². The number of carbonyl (C=O) groups excluding carboxylic acids is 1. The molecular formula is C17H26N2O. The average Bonchev–Trinajstić information content (AvgIpc) is 2.45. The fourth-order valence-corrected chi connectivity index (χ4v) is 3.03.